The highest BCUT2D eigenvalue weighted by Gasteiger charge is 1.89. The Hall–Kier alpha value is -1.01. The number of thiol groups is 1. The largest absolute Gasteiger partial charge is 0.260 e. The van der Waals surface area contributed by atoms with E-state index in [1.165, 1.54) is 12.3 Å². The lowest BCUT2D eigenvalue weighted by molar-refractivity contribution is 0.621. The van der Waals surface area contributed by atoms with E-state index in [0.717, 1.165) is 11.9 Å². The average Bonchev–Trinajstić information content (AvgIpc) is 2.05. The van der Waals surface area contributed by atoms with Crippen LogP contribution in [-0.2, 0) is 0 Å². The first-order chi connectivity index (χ1) is 5.83. The number of halogens is 1. The number of hydrogen-bond acceptors (Lipinski definition) is 2. The molecule has 0 saturated heterocycles. The Balaban J connectivity index is 2.71. The van der Waals surface area contributed by atoms with E-state index in [-0.39, 0.29) is 5.82 Å². The lowest BCUT2D eigenvalue weighted by Gasteiger charge is -1.88. The smallest absolute Gasteiger partial charge is 0.142 e. The van der Waals surface area contributed by atoms with Crippen molar-refractivity contribution in [1.82, 2.24) is 4.98 Å². The van der Waals surface area contributed by atoms with Gasteiger partial charge in [-0.25, -0.2) is 4.39 Å². The minimum absolute atomic E-state index is 0.354. The molecule has 1 aromatic rings. The standard InChI is InChI=1S/C9H8FNS/c10-9-5-8(6-11-7-9)3-1-2-4-12/h5-7,12H,2,4H2. The summed E-state index contributed by atoms with van der Waals surface area (Å²) >= 11 is 4.00. The van der Waals surface area contributed by atoms with Crippen LogP contribution in [0.25, 0.3) is 0 Å². The lowest BCUT2D eigenvalue weighted by Crippen LogP contribution is -1.81. The summed E-state index contributed by atoms with van der Waals surface area (Å²) in [6, 6.07) is 1.36. The van der Waals surface area contributed by atoms with Crippen molar-refractivity contribution in [2.24, 2.45) is 0 Å². The van der Waals surface area contributed by atoms with Gasteiger partial charge in [0.05, 0.1) is 6.20 Å². The van der Waals surface area contributed by atoms with Gasteiger partial charge in [-0.3, -0.25) is 4.98 Å². The molecule has 12 heavy (non-hydrogen) atoms. The van der Waals surface area contributed by atoms with E-state index in [2.05, 4.69) is 29.5 Å². The summed E-state index contributed by atoms with van der Waals surface area (Å²) in [5.74, 6) is 5.99. The van der Waals surface area contributed by atoms with E-state index < -0.39 is 0 Å². The summed E-state index contributed by atoms with van der Waals surface area (Å²) in [7, 11) is 0. The van der Waals surface area contributed by atoms with Gasteiger partial charge < -0.3 is 0 Å². The zero-order valence-corrected chi connectivity index (χ0v) is 7.31. The molecule has 0 fully saturated rings. The zero-order chi connectivity index (χ0) is 8.81. The molecule has 0 amide bonds. The highest BCUT2D eigenvalue weighted by Crippen LogP contribution is 1.98. The van der Waals surface area contributed by atoms with Crippen molar-refractivity contribution in [2.75, 3.05) is 5.75 Å². The van der Waals surface area contributed by atoms with Gasteiger partial charge >= 0.3 is 0 Å². The van der Waals surface area contributed by atoms with Gasteiger partial charge in [0.15, 0.2) is 0 Å². The minimum atomic E-state index is -0.354. The fraction of sp³-hybridized carbons (Fsp3) is 0.222. The molecule has 1 aromatic heterocycles. The first kappa shape index (κ1) is 9.08. The molecule has 0 unspecified atom stereocenters. The maximum absolute atomic E-state index is 12.5. The van der Waals surface area contributed by atoms with Gasteiger partial charge in [-0.15, -0.1) is 0 Å². The fourth-order valence-electron chi connectivity index (χ4n) is 0.701. The predicted octanol–water partition coefficient (Wildman–Crippen LogP) is 1.89. The topological polar surface area (TPSA) is 12.9 Å². The first-order valence-corrected chi connectivity index (χ1v) is 4.16. The summed E-state index contributed by atoms with van der Waals surface area (Å²) in [6.07, 6.45) is 3.40. The normalized spacial score (nSPS) is 8.83. The third-order valence-electron chi connectivity index (χ3n) is 1.17. The summed E-state index contributed by atoms with van der Waals surface area (Å²) in [5.41, 5.74) is 0.608. The second-order valence-corrected chi connectivity index (χ2v) is 2.61. The molecule has 1 rings (SSSR count). The molecule has 62 valence electrons. The van der Waals surface area contributed by atoms with Gasteiger partial charge in [0.2, 0.25) is 0 Å². The second-order valence-electron chi connectivity index (χ2n) is 2.17. The van der Waals surface area contributed by atoms with Crippen molar-refractivity contribution in [3.63, 3.8) is 0 Å². The summed E-state index contributed by atoms with van der Waals surface area (Å²) in [4.78, 5) is 3.67. The third kappa shape index (κ3) is 2.93. The van der Waals surface area contributed by atoms with Crippen LogP contribution in [0, 0.1) is 17.7 Å². The van der Waals surface area contributed by atoms with Crippen molar-refractivity contribution in [3.8, 4) is 11.8 Å². The van der Waals surface area contributed by atoms with Crippen molar-refractivity contribution < 1.29 is 4.39 Å². The van der Waals surface area contributed by atoms with Gasteiger partial charge in [-0.05, 0) is 6.07 Å². The molecule has 0 radical (unpaired) electrons. The quantitative estimate of drug-likeness (QED) is 0.515. The zero-order valence-electron chi connectivity index (χ0n) is 6.42. The van der Waals surface area contributed by atoms with Crippen LogP contribution in [0.4, 0.5) is 4.39 Å². The van der Waals surface area contributed by atoms with Crippen LogP contribution in [-0.4, -0.2) is 10.7 Å². The molecule has 0 atom stereocenters. The van der Waals surface area contributed by atoms with Crippen LogP contribution in [0.1, 0.15) is 12.0 Å². The molecule has 0 aliphatic heterocycles. The Kier molecular flexibility index (Phi) is 3.62. The second kappa shape index (κ2) is 4.78. The Morgan fingerprint density at radius 1 is 1.50 bits per heavy atom. The summed E-state index contributed by atoms with van der Waals surface area (Å²) in [5, 5.41) is 0. The molecule has 0 saturated carbocycles. The Labute approximate surface area is 76.4 Å². The lowest BCUT2D eigenvalue weighted by atomic mass is 10.3. The van der Waals surface area contributed by atoms with Crippen LogP contribution in [0.2, 0.25) is 0 Å². The highest BCUT2D eigenvalue weighted by atomic mass is 32.1. The van der Waals surface area contributed by atoms with Crippen LogP contribution in [0.15, 0.2) is 18.5 Å². The maximum atomic E-state index is 12.5. The minimum Gasteiger partial charge on any atom is -0.260 e. The molecule has 0 bridgehead atoms. The van der Waals surface area contributed by atoms with Crippen molar-refractivity contribution in [2.45, 2.75) is 6.42 Å². The predicted molar refractivity (Wildman–Crippen MR) is 49.5 cm³/mol. The van der Waals surface area contributed by atoms with Crippen LogP contribution >= 0.6 is 12.6 Å². The molecule has 3 heteroatoms. The number of pyridine rings is 1. The number of hydrogen-bond donors (Lipinski definition) is 1. The third-order valence-corrected chi connectivity index (χ3v) is 1.40. The van der Waals surface area contributed by atoms with Gasteiger partial charge in [-0.2, -0.15) is 12.6 Å². The SMILES string of the molecule is Fc1cncc(C#CCCS)c1. The van der Waals surface area contributed by atoms with Gasteiger partial charge in [0.1, 0.15) is 5.82 Å². The van der Waals surface area contributed by atoms with E-state index in [9.17, 15) is 4.39 Å². The highest BCUT2D eigenvalue weighted by molar-refractivity contribution is 7.80. The van der Waals surface area contributed by atoms with Crippen LogP contribution < -0.4 is 0 Å². The van der Waals surface area contributed by atoms with Gasteiger partial charge in [0, 0.05) is 23.9 Å². The molecule has 1 heterocycles. The Morgan fingerprint density at radius 2 is 2.33 bits per heavy atom. The van der Waals surface area contributed by atoms with Gasteiger partial charge in [-0.1, -0.05) is 11.8 Å². The molecule has 0 aromatic carbocycles. The first-order valence-electron chi connectivity index (χ1n) is 3.53. The summed E-state index contributed by atoms with van der Waals surface area (Å²) < 4.78 is 12.5. The Morgan fingerprint density at radius 3 is 3.00 bits per heavy atom. The number of rotatable bonds is 1. The monoisotopic (exact) mass is 181 g/mol. The molecular formula is C9H8FNS. The average molecular weight is 181 g/mol. The number of nitrogens with zero attached hydrogens (tertiary/aromatic N) is 1. The molecule has 0 N–H and O–H groups in total. The molecule has 0 aliphatic rings. The summed E-state index contributed by atoms with van der Waals surface area (Å²) in [6.45, 7) is 0. The fourth-order valence-corrected chi connectivity index (χ4v) is 0.812. The van der Waals surface area contributed by atoms with Crippen LogP contribution in [0.3, 0.4) is 0 Å². The van der Waals surface area contributed by atoms with E-state index in [0.29, 0.717) is 12.0 Å². The number of aromatic nitrogens is 1. The Bertz CT molecular complexity index is 314. The van der Waals surface area contributed by atoms with Crippen molar-refractivity contribution in [1.29, 1.82) is 0 Å². The van der Waals surface area contributed by atoms with Gasteiger partial charge in [0.25, 0.3) is 0 Å². The molecule has 0 spiro atoms. The molecule has 1 nitrogen and oxygen atoms in total. The van der Waals surface area contributed by atoms with E-state index in [4.69, 9.17) is 0 Å². The molecule has 0 aliphatic carbocycles. The van der Waals surface area contributed by atoms with Crippen molar-refractivity contribution >= 4 is 12.6 Å². The van der Waals surface area contributed by atoms with E-state index >= 15 is 0 Å². The van der Waals surface area contributed by atoms with E-state index in [1.54, 1.807) is 0 Å². The van der Waals surface area contributed by atoms with E-state index in [1.807, 2.05) is 0 Å². The molecular weight excluding hydrogens is 173 g/mol. The van der Waals surface area contributed by atoms with Crippen molar-refractivity contribution in [3.05, 3.63) is 29.8 Å². The van der Waals surface area contributed by atoms with Crippen LogP contribution in [0.5, 0.6) is 0 Å². The maximum Gasteiger partial charge on any atom is 0.142 e.